The van der Waals surface area contributed by atoms with Gasteiger partial charge in [0.05, 0.1) is 19.1 Å². The van der Waals surface area contributed by atoms with Gasteiger partial charge in [0.2, 0.25) is 5.91 Å². The molecule has 0 saturated carbocycles. The summed E-state index contributed by atoms with van der Waals surface area (Å²) >= 11 is 0. The number of rotatable bonds is 3. The Morgan fingerprint density at radius 1 is 1.27 bits per heavy atom. The summed E-state index contributed by atoms with van der Waals surface area (Å²) < 4.78 is 18.8. The molecule has 0 aromatic heterocycles. The molecule has 22 heavy (non-hydrogen) atoms. The number of carbonyl (C=O) groups excluding carboxylic acids is 1. The van der Waals surface area contributed by atoms with Crippen LogP contribution in [0.2, 0.25) is 0 Å². The number of benzene rings is 1. The van der Waals surface area contributed by atoms with Crippen molar-refractivity contribution in [2.45, 2.75) is 19.4 Å². The fourth-order valence-corrected chi connectivity index (χ4v) is 3.34. The molecule has 1 aromatic carbocycles. The van der Waals surface area contributed by atoms with Crippen LogP contribution in [0.1, 0.15) is 12.5 Å². The third-order valence-electron chi connectivity index (χ3n) is 4.68. The average Bonchev–Trinajstić information content (AvgIpc) is 2.82. The van der Waals surface area contributed by atoms with Gasteiger partial charge in [-0.1, -0.05) is 19.1 Å². The van der Waals surface area contributed by atoms with Crippen LogP contribution in [0.3, 0.4) is 0 Å². The van der Waals surface area contributed by atoms with E-state index in [-0.39, 0.29) is 17.8 Å². The van der Waals surface area contributed by atoms with Gasteiger partial charge in [0.15, 0.2) is 0 Å². The van der Waals surface area contributed by atoms with E-state index in [9.17, 15) is 9.18 Å². The Kier molecular flexibility index (Phi) is 4.74. The van der Waals surface area contributed by atoms with E-state index >= 15 is 0 Å². The van der Waals surface area contributed by atoms with Crippen LogP contribution < -0.4 is 0 Å². The SMILES string of the molecule is CCN1CCO[C@@H]2CN(C(=O)Cc3ccc(F)cc3)C[C@@H]2C1. The first-order chi connectivity index (χ1) is 10.7. The molecule has 0 unspecified atom stereocenters. The number of amides is 1. The van der Waals surface area contributed by atoms with Crippen LogP contribution >= 0.6 is 0 Å². The Hall–Kier alpha value is -1.46. The molecular weight excluding hydrogens is 283 g/mol. The molecule has 0 radical (unpaired) electrons. The van der Waals surface area contributed by atoms with E-state index in [4.69, 9.17) is 4.74 Å². The fraction of sp³-hybridized carbons (Fsp3) is 0.588. The standard InChI is InChI=1S/C17H23FN2O2/c1-2-19-7-8-22-16-12-20(11-14(16)10-19)17(21)9-13-3-5-15(18)6-4-13/h3-6,14,16H,2,7-12H2,1H3/t14-,16+/m0/s1. The van der Waals surface area contributed by atoms with Crippen molar-refractivity contribution in [2.75, 3.05) is 39.3 Å². The summed E-state index contributed by atoms with van der Waals surface area (Å²) in [7, 11) is 0. The second-order valence-electron chi connectivity index (χ2n) is 6.16. The number of likely N-dealkylation sites (N-methyl/N-ethyl adjacent to an activating group) is 1. The normalized spacial score (nSPS) is 25.8. The number of hydrogen-bond acceptors (Lipinski definition) is 3. The van der Waals surface area contributed by atoms with Crippen LogP contribution in [-0.4, -0.2) is 61.1 Å². The van der Waals surface area contributed by atoms with Gasteiger partial charge in [0, 0.05) is 32.1 Å². The fourth-order valence-electron chi connectivity index (χ4n) is 3.34. The lowest BCUT2D eigenvalue weighted by Gasteiger charge is -2.21. The van der Waals surface area contributed by atoms with E-state index in [1.165, 1.54) is 12.1 Å². The molecule has 2 saturated heterocycles. The summed E-state index contributed by atoms with van der Waals surface area (Å²) in [5, 5.41) is 0. The van der Waals surface area contributed by atoms with Crippen molar-refractivity contribution in [1.82, 2.24) is 9.80 Å². The third kappa shape index (κ3) is 3.47. The number of halogens is 1. The maximum atomic E-state index is 12.9. The Morgan fingerprint density at radius 3 is 2.77 bits per heavy atom. The second kappa shape index (κ2) is 6.75. The van der Waals surface area contributed by atoms with E-state index in [1.807, 2.05) is 4.90 Å². The highest BCUT2D eigenvalue weighted by molar-refractivity contribution is 5.79. The predicted molar refractivity (Wildman–Crippen MR) is 82.0 cm³/mol. The van der Waals surface area contributed by atoms with Crippen LogP contribution in [0.25, 0.3) is 0 Å². The van der Waals surface area contributed by atoms with Crippen LogP contribution in [0, 0.1) is 11.7 Å². The Morgan fingerprint density at radius 2 is 2.05 bits per heavy atom. The molecule has 120 valence electrons. The molecule has 3 rings (SSSR count). The molecule has 0 spiro atoms. The summed E-state index contributed by atoms with van der Waals surface area (Å²) in [5.41, 5.74) is 0.856. The van der Waals surface area contributed by atoms with Crippen molar-refractivity contribution in [3.05, 3.63) is 35.6 Å². The van der Waals surface area contributed by atoms with E-state index in [0.29, 0.717) is 18.9 Å². The number of hydrogen-bond donors (Lipinski definition) is 0. The molecule has 2 heterocycles. The first-order valence-electron chi connectivity index (χ1n) is 8.02. The molecule has 1 aromatic rings. The molecule has 2 fully saturated rings. The van der Waals surface area contributed by atoms with Gasteiger partial charge >= 0.3 is 0 Å². The van der Waals surface area contributed by atoms with Gasteiger partial charge in [-0.15, -0.1) is 0 Å². The Labute approximate surface area is 130 Å². The minimum Gasteiger partial charge on any atom is -0.375 e. The highest BCUT2D eigenvalue weighted by Gasteiger charge is 2.37. The molecule has 2 atom stereocenters. The van der Waals surface area contributed by atoms with Crippen molar-refractivity contribution >= 4 is 5.91 Å². The summed E-state index contributed by atoms with van der Waals surface area (Å²) in [5.74, 6) is 0.235. The lowest BCUT2D eigenvalue weighted by Crippen LogP contribution is -2.34. The number of carbonyl (C=O) groups is 1. The predicted octanol–water partition coefficient (Wildman–Crippen LogP) is 1.55. The van der Waals surface area contributed by atoms with Crippen LogP contribution in [0.5, 0.6) is 0 Å². The van der Waals surface area contributed by atoms with Gasteiger partial charge < -0.3 is 14.5 Å². The van der Waals surface area contributed by atoms with Crippen molar-refractivity contribution in [3.8, 4) is 0 Å². The first-order valence-corrected chi connectivity index (χ1v) is 8.02. The van der Waals surface area contributed by atoms with Crippen LogP contribution in [0.4, 0.5) is 4.39 Å². The van der Waals surface area contributed by atoms with E-state index in [2.05, 4.69) is 11.8 Å². The zero-order valence-corrected chi connectivity index (χ0v) is 13.0. The van der Waals surface area contributed by atoms with Gasteiger partial charge in [-0.2, -0.15) is 0 Å². The first kappa shape index (κ1) is 15.4. The average molecular weight is 306 g/mol. The van der Waals surface area contributed by atoms with E-state index in [0.717, 1.165) is 38.3 Å². The smallest absolute Gasteiger partial charge is 0.227 e. The molecule has 4 nitrogen and oxygen atoms in total. The summed E-state index contributed by atoms with van der Waals surface area (Å²) in [4.78, 5) is 16.7. The summed E-state index contributed by atoms with van der Waals surface area (Å²) in [6, 6.07) is 6.16. The van der Waals surface area contributed by atoms with Gasteiger partial charge in [-0.25, -0.2) is 4.39 Å². The van der Waals surface area contributed by atoms with Gasteiger partial charge in [0.25, 0.3) is 0 Å². The number of likely N-dealkylation sites (tertiary alicyclic amines) is 1. The van der Waals surface area contributed by atoms with Crippen molar-refractivity contribution in [3.63, 3.8) is 0 Å². The minimum absolute atomic E-state index is 0.103. The molecule has 2 aliphatic rings. The Balaban J connectivity index is 1.59. The number of fused-ring (bicyclic) bond motifs is 1. The minimum atomic E-state index is -0.271. The Bertz CT molecular complexity index is 520. The van der Waals surface area contributed by atoms with Gasteiger partial charge in [-0.05, 0) is 24.2 Å². The molecule has 0 bridgehead atoms. The molecule has 0 N–H and O–H groups in total. The number of nitrogens with zero attached hydrogens (tertiary/aromatic N) is 2. The second-order valence-corrected chi connectivity index (χ2v) is 6.16. The van der Waals surface area contributed by atoms with Crippen molar-refractivity contribution in [2.24, 2.45) is 5.92 Å². The third-order valence-corrected chi connectivity index (χ3v) is 4.68. The van der Waals surface area contributed by atoms with Crippen LogP contribution in [0.15, 0.2) is 24.3 Å². The molecule has 2 aliphatic heterocycles. The summed E-state index contributed by atoms with van der Waals surface area (Å²) in [6.45, 7) is 7.36. The topological polar surface area (TPSA) is 32.8 Å². The molecule has 0 aliphatic carbocycles. The van der Waals surface area contributed by atoms with Gasteiger partial charge in [0.1, 0.15) is 5.82 Å². The van der Waals surface area contributed by atoms with Crippen molar-refractivity contribution < 1.29 is 13.9 Å². The quantitative estimate of drug-likeness (QED) is 0.849. The molecular formula is C17H23FN2O2. The number of ether oxygens (including phenoxy) is 1. The summed E-state index contributed by atoms with van der Waals surface area (Å²) in [6.07, 6.45) is 0.491. The maximum absolute atomic E-state index is 12.9. The van der Waals surface area contributed by atoms with E-state index in [1.54, 1.807) is 12.1 Å². The molecule has 5 heteroatoms. The maximum Gasteiger partial charge on any atom is 0.227 e. The lowest BCUT2D eigenvalue weighted by atomic mass is 10.1. The van der Waals surface area contributed by atoms with Gasteiger partial charge in [-0.3, -0.25) is 4.79 Å². The van der Waals surface area contributed by atoms with Crippen LogP contribution in [-0.2, 0) is 16.0 Å². The monoisotopic (exact) mass is 306 g/mol. The zero-order valence-electron chi connectivity index (χ0n) is 13.0. The largest absolute Gasteiger partial charge is 0.375 e. The highest BCUT2D eigenvalue weighted by atomic mass is 19.1. The highest BCUT2D eigenvalue weighted by Crippen LogP contribution is 2.24. The van der Waals surface area contributed by atoms with Crippen molar-refractivity contribution in [1.29, 1.82) is 0 Å². The molecule has 1 amide bonds. The zero-order chi connectivity index (χ0) is 15.5. The lowest BCUT2D eigenvalue weighted by molar-refractivity contribution is -0.130. The van der Waals surface area contributed by atoms with E-state index < -0.39 is 0 Å².